The van der Waals surface area contributed by atoms with Gasteiger partial charge in [0.1, 0.15) is 5.75 Å². The average Bonchev–Trinajstić information content (AvgIpc) is 2.87. The van der Waals surface area contributed by atoms with Crippen LogP contribution in [0.25, 0.3) is 0 Å². The SMILES string of the molecule is COc1ccc(NC(=O)CC2CCN(CCN(c3ccccc3)c3ccccc3)CC2)cc1. The molecule has 0 spiro atoms. The third-order valence-electron chi connectivity index (χ3n) is 6.33. The first-order valence-corrected chi connectivity index (χ1v) is 11.7. The molecule has 0 atom stereocenters. The number of carbonyl (C=O) groups is 1. The maximum atomic E-state index is 12.5. The number of piperidine rings is 1. The lowest BCUT2D eigenvalue weighted by Crippen LogP contribution is -2.39. The number of methoxy groups -OCH3 is 1. The molecule has 1 saturated heterocycles. The zero-order valence-electron chi connectivity index (χ0n) is 19.3. The number of likely N-dealkylation sites (tertiary alicyclic amines) is 1. The molecule has 0 saturated carbocycles. The Morgan fingerprint density at radius 2 is 1.48 bits per heavy atom. The molecule has 0 aromatic heterocycles. The molecule has 1 heterocycles. The Labute approximate surface area is 197 Å². The second-order valence-corrected chi connectivity index (χ2v) is 8.59. The Hall–Kier alpha value is -3.31. The van der Waals surface area contributed by atoms with Crippen molar-refractivity contribution in [1.29, 1.82) is 0 Å². The second kappa shape index (κ2) is 11.5. The Morgan fingerprint density at radius 1 is 0.909 bits per heavy atom. The van der Waals surface area contributed by atoms with Crippen molar-refractivity contribution < 1.29 is 9.53 Å². The normalized spacial score (nSPS) is 14.6. The fraction of sp³-hybridized carbons (Fsp3) is 0.321. The lowest BCUT2D eigenvalue weighted by atomic mass is 9.93. The number of anilines is 3. The van der Waals surface area contributed by atoms with Crippen LogP contribution in [0.2, 0.25) is 0 Å². The van der Waals surface area contributed by atoms with E-state index in [1.807, 2.05) is 24.3 Å². The molecule has 1 aliphatic rings. The van der Waals surface area contributed by atoms with Crippen molar-refractivity contribution in [2.24, 2.45) is 5.92 Å². The van der Waals surface area contributed by atoms with Crippen LogP contribution < -0.4 is 15.0 Å². The molecule has 33 heavy (non-hydrogen) atoms. The first-order valence-electron chi connectivity index (χ1n) is 11.7. The Morgan fingerprint density at radius 3 is 2.03 bits per heavy atom. The number of rotatable bonds is 9. The van der Waals surface area contributed by atoms with E-state index in [2.05, 4.69) is 75.8 Å². The van der Waals surface area contributed by atoms with Crippen molar-refractivity contribution in [2.75, 3.05) is 43.5 Å². The van der Waals surface area contributed by atoms with Crippen molar-refractivity contribution in [3.05, 3.63) is 84.9 Å². The molecule has 1 N–H and O–H groups in total. The maximum absolute atomic E-state index is 12.5. The number of para-hydroxylation sites is 2. The van der Waals surface area contributed by atoms with Crippen LogP contribution in [0, 0.1) is 5.92 Å². The predicted octanol–water partition coefficient (Wildman–Crippen LogP) is 5.57. The lowest BCUT2D eigenvalue weighted by molar-refractivity contribution is -0.117. The van der Waals surface area contributed by atoms with Crippen molar-refractivity contribution in [2.45, 2.75) is 19.3 Å². The van der Waals surface area contributed by atoms with E-state index < -0.39 is 0 Å². The van der Waals surface area contributed by atoms with E-state index in [9.17, 15) is 4.79 Å². The summed E-state index contributed by atoms with van der Waals surface area (Å²) in [5, 5.41) is 3.01. The van der Waals surface area contributed by atoms with E-state index in [0.29, 0.717) is 12.3 Å². The zero-order valence-corrected chi connectivity index (χ0v) is 19.3. The van der Waals surface area contributed by atoms with Gasteiger partial charge in [-0.25, -0.2) is 0 Å². The number of carbonyl (C=O) groups excluding carboxylic acids is 1. The van der Waals surface area contributed by atoms with Gasteiger partial charge in [-0.1, -0.05) is 36.4 Å². The Bertz CT molecular complexity index is 945. The molecule has 0 unspecified atom stereocenters. The molecule has 5 nitrogen and oxygen atoms in total. The van der Waals surface area contributed by atoms with Crippen molar-refractivity contribution in [1.82, 2.24) is 4.90 Å². The van der Waals surface area contributed by atoms with Crippen molar-refractivity contribution in [3.63, 3.8) is 0 Å². The minimum Gasteiger partial charge on any atom is -0.497 e. The van der Waals surface area contributed by atoms with E-state index in [0.717, 1.165) is 50.5 Å². The maximum Gasteiger partial charge on any atom is 0.224 e. The third-order valence-corrected chi connectivity index (χ3v) is 6.33. The van der Waals surface area contributed by atoms with Gasteiger partial charge in [0, 0.05) is 36.6 Å². The van der Waals surface area contributed by atoms with Gasteiger partial charge in [-0.15, -0.1) is 0 Å². The molecule has 172 valence electrons. The van der Waals surface area contributed by atoms with Crippen LogP contribution in [0.5, 0.6) is 5.75 Å². The molecule has 1 aliphatic heterocycles. The number of ether oxygens (including phenoxy) is 1. The topological polar surface area (TPSA) is 44.8 Å². The van der Waals surface area contributed by atoms with Gasteiger partial charge in [-0.3, -0.25) is 4.79 Å². The van der Waals surface area contributed by atoms with Gasteiger partial charge in [-0.05, 0) is 80.4 Å². The molecule has 1 fully saturated rings. The van der Waals surface area contributed by atoms with Crippen molar-refractivity contribution >= 4 is 23.0 Å². The van der Waals surface area contributed by atoms with Crippen LogP contribution in [0.1, 0.15) is 19.3 Å². The molecular formula is C28H33N3O2. The zero-order chi connectivity index (χ0) is 22.9. The minimum absolute atomic E-state index is 0.0953. The predicted molar refractivity (Wildman–Crippen MR) is 135 cm³/mol. The molecule has 0 bridgehead atoms. The fourth-order valence-corrected chi connectivity index (χ4v) is 4.43. The highest BCUT2D eigenvalue weighted by Gasteiger charge is 2.22. The number of hydrogen-bond donors (Lipinski definition) is 1. The molecule has 5 heteroatoms. The van der Waals surface area contributed by atoms with Crippen molar-refractivity contribution in [3.8, 4) is 5.75 Å². The van der Waals surface area contributed by atoms with Crippen LogP contribution in [0.3, 0.4) is 0 Å². The minimum atomic E-state index is 0.0953. The quantitative estimate of drug-likeness (QED) is 0.469. The summed E-state index contributed by atoms with van der Waals surface area (Å²) in [6, 6.07) is 28.6. The lowest BCUT2D eigenvalue weighted by Gasteiger charge is -2.34. The van der Waals surface area contributed by atoms with E-state index in [-0.39, 0.29) is 5.91 Å². The van der Waals surface area contributed by atoms with E-state index in [1.54, 1.807) is 7.11 Å². The van der Waals surface area contributed by atoms with Crippen LogP contribution in [-0.4, -0.2) is 44.1 Å². The number of nitrogens with one attached hydrogen (secondary N) is 1. The molecule has 0 radical (unpaired) electrons. The summed E-state index contributed by atoms with van der Waals surface area (Å²) >= 11 is 0. The summed E-state index contributed by atoms with van der Waals surface area (Å²) in [5.74, 6) is 1.33. The summed E-state index contributed by atoms with van der Waals surface area (Å²) in [5.41, 5.74) is 3.25. The highest BCUT2D eigenvalue weighted by molar-refractivity contribution is 5.90. The highest BCUT2D eigenvalue weighted by atomic mass is 16.5. The first kappa shape index (κ1) is 22.9. The monoisotopic (exact) mass is 443 g/mol. The second-order valence-electron chi connectivity index (χ2n) is 8.59. The number of nitrogens with zero attached hydrogens (tertiary/aromatic N) is 2. The van der Waals surface area contributed by atoms with Crippen LogP contribution >= 0.6 is 0 Å². The smallest absolute Gasteiger partial charge is 0.224 e. The van der Waals surface area contributed by atoms with Gasteiger partial charge in [0.2, 0.25) is 5.91 Å². The number of benzene rings is 3. The van der Waals surface area contributed by atoms with E-state index >= 15 is 0 Å². The van der Waals surface area contributed by atoms with Gasteiger partial charge in [0.25, 0.3) is 0 Å². The van der Waals surface area contributed by atoms with Crippen LogP contribution in [0.15, 0.2) is 84.9 Å². The largest absolute Gasteiger partial charge is 0.497 e. The molecule has 3 aromatic carbocycles. The summed E-state index contributed by atoms with van der Waals surface area (Å²) < 4.78 is 5.17. The molecular weight excluding hydrogens is 410 g/mol. The molecule has 3 aromatic rings. The van der Waals surface area contributed by atoms with Gasteiger partial charge >= 0.3 is 0 Å². The highest BCUT2D eigenvalue weighted by Crippen LogP contribution is 2.26. The average molecular weight is 444 g/mol. The van der Waals surface area contributed by atoms with Gasteiger partial charge in [0.15, 0.2) is 0 Å². The first-order chi connectivity index (χ1) is 16.2. The van der Waals surface area contributed by atoms with Gasteiger partial charge in [-0.2, -0.15) is 0 Å². The summed E-state index contributed by atoms with van der Waals surface area (Å²) in [6.45, 7) is 4.03. The Kier molecular flexibility index (Phi) is 7.99. The molecule has 1 amide bonds. The summed E-state index contributed by atoms with van der Waals surface area (Å²) in [6.07, 6.45) is 2.71. The van der Waals surface area contributed by atoms with Gasteiger partial charge in [0.05, 0.1) is 7.11 Å². The fourth-order valence-electron chi connectivity index (χ4n) is 4.43. The third kappa shape index (κ3) is 6.59. The summed E-state index contributed by atoms with van der Waals surface area (Å²) in [7, 11) is 1.64. The Balaban J connectivity index is 1.25. The molecule has 4 rings (SSSR count). The number of amides is 1. The van der Waals surface area contributed by atoms with E-state index in [1.165, 1.54) is 11.4 Å². The standard InChI is InChI=1S/C28H33N3O2/c1-33-27-14-12-24(13-15-27)29-28(32)22-23-16-18-30(19-17-23)20-21-31(25-8-4-2-5-9-25)26-10-6-3-7-11-26/h2-15,23H,16-22H2,1H3,(H,29,32). The number of hydrogen-bond acceptors (Lipinski definition) is 4. The van der Waals surface area contributed by atoms with Crippen LogP contribution in [0.4, 0.5) is 17.1 Å². The van der Waals surface area contributed by atoms with E-state index in [4.69, 9.17) is 4.74 Å². The summed E-state index contributed by atoms with van der Waals surface area (Å²) in [4.78, 5) is 17.4. The van der Waals surface area contributed by atoms with Gasteiger partial charge < -0.3 is 19.9 Å². The van der Waals surface area contributed by atoms with Crippen LogP contribution in [-0.2, 0) is 4.79 Å². The molecule has 0 aliphatic carbocycles.